The fourth-order valence-electron chi connectivity index (χ4n) is 3.06. The van der Waals surface area contributed by atoms with E-state index in [1.165, 1.54) is 30.3 Å². The standard InChI is InChI=1S/C21H23N3O4S/c1-2-12-22-29(27,28)19-7-5-6-17(15-19)20(25)23-18-10-8-16(9-11-18)21(26)24-13-3-4-14-24/h2,5-11,15,22H,1,3-4,12-14H2,(H,23,25). The van der Waals surface area contributed by atoms with Gasteiger partial charge >= 0.3 is 0 Å². The quantitative estimate of drug-likeness (QED) is 0.682. The lowest BCUT2D eigenvalue weighted by atomic mass is 10.1. The van der Waals surface area contributed by atoms with E-state index in [9.17, 15) is 18.0 Å². The molecule has 8 heteroatoms. The van der Waals surface area contributed by atoms with Gasteiger partial charge in [0.05, 0.1) is 4.90 Å². The van der Waals surface area contributed by atoms with Gasteiger partial charge in [-0.15, -0.1) is 6.58 Å². The molecule has 1 fully saturated rings. The molecular formula is C21H23N3O4S. The van der Waals surface area contributed by atoms with Gasteiger partial charge in [-0.1, -0.05) is 12.1 Å². The molecule has 0 aromatic heterocycles. The van der Waals surface area contributed by atoms with Crippen molar-refractivity contribution in [1.82, 2.24) is 9.62 Å². The van der Waals surface area contributed by atoms with E-state index in [0.29, 0.717) is 11.3 Å². The minimum absolute atomic E-state index is 0.00134. The van der Waals surface area contributed by atoms with Crippen LogP contribution in [0.1, 0.15) is 33.6 Å². The van der Waals surface area contributed by atoms with E-state index < -0.39 is 15.9 Å². The lowest BCUT2D eigenvalue weighted by Crippen LogP contribution is -2.27. The van der Waals surface area contributed by atoms with Crippen molar-refractivity contribution in [1.29, 1.82) is 0 Å². The molecule has 0 saturated carbocycles. The maximum absolute atomic E-state index is 12.5. The highest BCUT2D eigenvalue weighted by molar-refractivity contribution is 7.89. The summed E-state index contributed by atoms with van der Waals surface area (Å²) in [6.45, 7) is 5.13. The molecule has 0 bridgehead atoms. The van der Waals surface area contributed by atoms with E-state index in [2.05, 4.69) is 16.6 Å². The van der Waals surface area contributed by atoms with Crippen LogP contribution in [-0.2, 0) is 10.0 Å². The Morgan fingerprint density at radius 1 is 1.03 bits per heavy atom. The maximum Gasteiger partial charge on any atom is 0.255 e. The first-order valence-electron chi connectivity index (χ1n) is 9.32. The number of rotatable bonds is 7. The minimum Gasteiger partial charge on any atom is -0.339 e. The number of anilines is 1. The summed E-state index contributed by atoms with van der Waals surface area (Å²) in [5.74, 6) is -0.449. The predicted octanol–water partition coefficient (Wildman–Crippen LogP) is 2.64. The lowest BCUT2D eigenvalue weighted by molar-refractivity contribution is 0.0792. The van der Waals surface area contributed by atoms with Crippen LogP contribution in [0.5, 0.6) is 0 Å². The Labute approximate surface area is 170 Å². The van der Waals surface area contributed by atoms with Gasteiger partial charge in [-0.25, -0.2) is 13.1 Å². The zero-order valence-corrected chi connectivity index (χ0v) is 16.7. The monoisotopic (exact) mass is 413 g/mol. The van der Waals surface area contributed by atoms with Crippen LogP contribution in [0.2, 0.25) is 0 Å². The Bertz CT molecular complexity index is 1010. The third kappa shape index (κ3) is 5.10. The number of amides is 2. The van der Waals surface area contributed by atoms with Crippen molar-refractivity contribution >= 4 is 27.5 Å². The number of likely N-dealkylation sites (tertiary alicyclic amines) is 1. The molecule has 29 heavy (non-hydrogen) atoms. The summed E-state index contributed by atoms with van der Waals surface area (Å²) in [7, 11) is -3.72. The molecule has 7 nitrogen and oxygen atoms in total. The molecule has 2 N–H and O–H groups in total. The van der Waals surface area contributed by atoms with Gasteiger partial charge in [0.25, 0.3) is 11.8 Å². The molecular weight excluding hydrogens is 390 g/mol. The van der Waals surface area contributed by atoms with Gasteiger partial charge in [0.2, 0.25) is 10.0 Å². The summed E-state index contributed by atoms with van der Waals surface area (Å²) in [5, 5.41) is 2.72. The first kappa shape index (κ1) is 20.8. The fraction of sp³-hybridized carbons (Fsp3) is 0.238. The summed E-state index contributed by atoms with van der Waals surface area (Å²) in [4.78, 5) is 26.7. The van der Waals surface area contributed by atoms with Crippen molar-refractivity contribution in [2.45, 2.75) is 17.7 Å². The van der Waals surface area contributed by atoms with Gasteiger partial charge in [0.15, 0.2) is 0 Å². The molecule has 1 saturated heterocycles. The average molecular weight is 413 g/mol. The van der Waals surface area contributed by atoms with Crippen LogP contribution in [0.25, 0.3) is 0 Å². The molecule has 2 aromatic rings. The van der Waals surface area contributed by atoms with Crippen LogP contribution in [0.3, 0.4) is 0 Å². The number of sulfonamides is 1. The molecule has 2 aromatic carbocycles. The Morgan fingerprint density at radius 2 is 1.72 bits per heavy atom. The zero-order valence-electron chi connectivity index (χ0n) is 15.9. The van der Waals surface area contributed by atoms with Gasteiger partial charge in [0, 0.05) is 36.4 Å². The number of carbonyl (C=O) groups excluding carboxylic acids is 2. The molecule has 0 radical (unpaired) electrons. The lowest BCUT2D eigenvalue weighted by Gasteiger charge is -2.15. The van der Waals surface area contributed by atoms with Crippen LogP contribution in [0, 0.1) is 0 Å². The molecule has 0 spiro atoms. The van der Waals surface area contributed by atoms with E-state index in [1.54, 1.807) is 24.3 Å². The molecule has 3 rings (SSSR count). The first-order chi connectivity index (χ1) is 13.9. The van der Waals surface area contributed by atoms with Crippen LogP contribution in [0.4, 0.5) is 5.69 Å². The van der Waals surface area contributed by atoms with Crippen molar-refractivity contribution < 1.29 is 18.0 Å². The van der Waals surface area contributed by atoms with E-state index in [4.69, 9.17) is 0 Å². The topological polar surface area (TPSA) is 95.6 Å². The van der Waals surface area contributed by atoms with Gasteiger partial charge in [-0.3, -0.25) is 9.59 Å². The molecule has 1 aliphatic rings. The highest BCUT2D eigenvalue weighted by Gasteiger charge is 2.19. The number of hydrogen-bond acceptors (Lipinski definition) is 4. The summed E-state index contributed by atoms with van der Waals surface area (Å²) in [6, 6.07) is 12.4. The predicted molar refractivity (Wildman–Crippen MR) is 111 cm³/mol. The minimum atomic E-state index is -3.72. The third-order valence-electron chi connectivity index (χ3n) is 4.61. The molecule has 0 aliphatic carbocycles. The Balaban J connectivity index is 1.69. The Morgan fingerprint density at radius 3 is 2.38 bits per heavy atom. The zero-order chi connectivity index (χ0) is 20.9. The normalized spacial score (nSPS) is 13.9. The first-order valence-corrected chi connectivity index (χ1v) is 10.8. The Kier molecular flexibility index (Phi) is 6.46. The number of hydrogen-bond donors (Lipinski definition) is 2. The summed E-state index contributed by atoms with van der Waals surface area (Å²) in [6.07, 6.45) is 3.49. The molecule has 2 amide bonds. The highest BCUT2D eigenvalue weighted by atomic mass is 32.2. The van der Waals surface area contributed by atoms with Gasteiger partial charge in [-0.2, -0.15) is 0 Å². The second-order valence-corrected chi connectivity index (χ2v) is 8.47. The maximum atomic E-state index is 12.5. The largest absolute Gasteiger partial charge is 0.339 e. The van der Waals surface area contributed by atoms with E-state index in [-0.39, 0.29) is 22.9 Å². The van der Waals surface area contributed by atoms with Gasteiger partial charge in [0.1, 0.15) is 0 Å². The van der Waals surface area contributed by atoms with Crippen molar-refractivity contribution in [3.8, 4) is 0 Å². The van der Waals surface area contributed by atoms with Gasteiger partial charge < -0.3 is 10.2 Å². The average Bonchev–Trinajstić information content (AvgIpc) is 3.27. The highest BCUT2D eigenvalue weighted by Crippen LogP contribution is 2.17. The van der Waals surface area contributed by atoms with Crippen molar-refractivity contribution in [2.75, 3.05) is 25.0 Å². The Hall–Kier alpha value is -2.97. The van der Waals surface area contributed by atoms with Crippen LogP contribution >= 0.6 is 0 Å². The fourth-order valence-corrected chi connectivity index (χ4v) is 4.10. The third-order valence-corrected chi connectivity index (χ3v) is 6.03. The summed E-state index contributed by atoms with van der Waals surface area (Å²) in [5.41, 5.74) is 1.31. The molecule has 1 aliphatic heterocycles. The smallest absolute Gasteiger partial charge is 0.255 e. The second kappa shape index (κ2) is 9.02. The van der Waals surface area contributed by atoms with Gasteiger partial charge in [-0.05, 0) is 55.3 Å². The number of benzene rings is 2. The van der Waals surface area contributed by atoms with Crippen molar-refractivity contribution in [2.24, 2.45) is 0 Å². The number of nitrogens with zero attached hydrogens (tertiary/aromatic N) is 1. The number of nitrogens with one attached hydrogen (secondary N) is 2. The molecule has 1 heterocycles. The molecule has 0 atom stereocenters. The van der Waals surface area contributed by atoms with Crippen LogP contribution in [0.15, 0.2) is 66.1 Å². The van der Waals surface area contributed by atoms with Crippen molar-refractivity contribution in [3.63, 3.8) is 0 Å². The van der Waals surface area contributed by atoms with Crippen molar-refractivity contribution in [3.05, 3.63) is 72.3 Å². The summed E-state index contributed by atoms with van der Waals surface area (Å²) < 4.78 is 26.8. The van der Waals surface area contributed by atoms with E-state index in [1.807, 2.05) is 4.90 Å². The van der Waals surface area contributed by atoms with E-state index in [0.717, 1.165) is 25.9 Å². The van der Waals surface area contributed by atoms with E-state index >= 15 is 0 Å². The SMILES string of the molecule is C=CCNS(=O)(=O)c1cccc(C(=O)Nc2ccc(C(=O)N3CCCC3)cc2)c1. The van der Waals surface area contributed by atoms with Crippen LogP contribution < -0.4 is 10.0 Å². The summed E-state index contributed by atoms with van der Waals surface area (Å²) >= 11 is 0. The molecule has 0 unspecified atom stereocenters. The molecule has 152 valence electrons. The second-order valence-electron chi connectivity index (χ2n) is 6.70. The van der Waals surface area contributed by atoms with Crippen LogP contribution in [-0.4, -0.2) is 44.8 Å². The number of carbonyl (C=O) groups is 2.